The minimum Gasteiger partial charge on any atom is -0.410 e. The van der Waals surface area contributed by atoms with E-state index in [-0.39, 0.29) is 5.71 Å². The van der Waals surface area contributed by atoms with E-state index in [1.54, 1.807) is 12.1 Å². The van der Waals surface area contributed by atoms with E-state index >= 15 is 0 Å². The van der Waals surface area contributed by atoms with Gasteiger partial charge in [-0.15, -0.1) is 0 Å². The molecule has 78 valence electrons. The maximum atomic E-state index is 8.66. The van der Waals surface area contributed by atoms with E-state index in [9.17, 15) is 0 Å². The summed E-state index contributed by atoms with van der Waals surface area (Å²) < 4.78 is 0.707. The van der Waals surface area contributed by atoms with Crippen LogP contribution < -0.4 is 4.48 Å². The van der Waals surface area contributed by atoms with Crippen molar-refractivity contribution in [3.05, 3.63) is 29.8 Å². The van der Waals surface area contributed by atoms with Gasteiger partial charge in [-0.25, -0.2) is 0 Å². The molecule has 4 nitrogen and oxygen atoms in total. The molecule has 1 N–H and O–H groups in total. The van der Waals surface area contributed by atoms with Gasteiger partial charge in [0.15, 0.2) is 5.71 Å². The molecule has 0 amide bonds. The predicted molar refractivity (Wildman–Crippen MR) is 59.9 cm³/mol. The lowest BCUT2D eigenvalue weighted by Gasteiger charge is -2.23. The first-order chi connectivity index (χ1) is 6.99. The Morgan fingerprint density at radius 2 is 1.80 bits per heavy atom. The molecule has 0 saturated heterocycles. The van der Waals surface area contributed by atoms with Crippen molar-refractivity contribution in [2.45, 2.75) is 0 Å². The molecule has 0 aromatic heterocycles. The van der Waals surface area contributed by atoms with Crippen LogP contribution in [0.15, 0.2) is 29.4 Å². The molecule has 1 rings (SSSR count). The second-order valence-corrected chi connectivity index (χ2v) is 4.12. The van der Waals surface area contributed by atoms with E-state index < -0.39 is 0 Å². The lowest BCUT2D eigenvalue weighted by atomic mass is 10.1. The minimum absolute atomic E-state index is 0.0305. The fourth-order valence-electron chi connectivity index (χ4n) is 1.21. The van der Waals surface area contributed by atoms with Crippen molar-refractivity contribution in [2.75, 3.05) is 21.1 Å². The third-order valence-electron chi connectivity index (χ3n) is 2.12. The molecular formula is C11H14N3O+. The number of hydrogen-bond acceptors (Lipinski definition) is 3. The van der Waals surface area contributed by atoms with Gasteiger partial charge in [-0.1, -0.05) is 5.16 Å². The third kappa shape index (κ3) is 2.55. The van der Waals surface area contributed by atoms with E-state index in [2.05, 4.69) is 26.3 Å². The van der Waals surface area contributed by atoms with Crippen LogP contribution in [0.1, 0.15) is 5.56 Å². The topological polar surface area (TPSA) is 56.4 Å². The van der Waals surface area contributed by atoms with Gasteiger partial charge in [0, 0.05) is 5.56 Å². The summed E-state index contributed by atoms with van der Waals surface area (Å²) >= 11 is 0. The van der Waals surface area contributed by atoms with Gasteiger partial charge in [-0.05, 0) is 24.3 Å². The molecule has 1 aromatic carbocycles. The third-order valence-corrected chi connectivity index (χ3v) is 2.12. The summed E-state index contributed by atoms with van der Waals surface area (Å²) in [5.41, 5.74) is 1.77. The molecule has 0 radical (unpaired) electrons. The van der Waals surface area contributed by atoms with Crippen LogP contribution in [0.25, 0.3) is 0 Å². The van der Waals surface area contributed by atoms with Crippen molar-refractivity contribution in [3.8, 4) is 6.07 Å². The smallest absolute Gasteiger partial charge is 0.186 e. The Kier molecular flexibility index (Phi) is 3.08. The molecule has 0 heterocycles. The summed E-state index contributed by atoms with van der Waals surface area (Å²) in [7, 11) is 6.17. The Morgan fingerprint density at radius 3 is 2.13 bits per heavy atom. The first kappa shape index (κ1) is 11.2. The summed E-state index contributed by atoms with van der Waals surface area (Å²) in [6.45, 7) is 0. The Bertz CT molecular complexity index is 407. The van der Waals surface area contributed by atoms with E-state index in [4.69, 9.17) is 10.5 Å². The van der Waals surface area contributed by atoms with Gasteiger partial charge < -0.3 is 5.21 Å². The van der Waals surface area contributed by atoms with Crippen LogP contribution in [0.5, 0.6) is 0 Å². The van der Waals surface area contributed by atoms with Gasteiger partial charge in [0.25, 0.3) is 0 Å². The highest BCUT2D eigenvalue weighted by Gasteiger charge is 2.12. The maximum absolute atomic E-state index is 8.66. The van der Waals surface area contributed by atoms with Crippen LogP contribution in [-0.2, 0) is 0 Å². The average molecular weight is 204 g/mol. The quantitative estimate of drug-likeness (QED) is 0.344. The lowest BCUT2D eigenvalue weighted by Crippen LogP contribution is -2.34. The van der Waals surface area contributed by atoms with Crippen LogP contribution in [0.3, 0.4) is 0 Å². The normalized spacial score (nSPS) is 12.3. The van der Waals surface area contributed by atoms with Gasteiger partial charge in [-0.2, -0.15) is 5.26 Å². The van der Waals surface area contributed by atoms with Crippen molar-refractivity contribution in [1.29, 1.82) is 5.26 Å². The van der Waals surface area contributed by atoms with Crippen LogP contribution in [0.4, 0.5) is 5.69 Å². The number of nitriles is 1. The number of benzene rings is 1. The summed E-state index contributed by atoms with van der Waals surface area (Å²) in [5.74, 6) is 0. The highest BCUT2D eigenvalue weighted by atomic mass is 16.4. The molecule has 15 heavy (non-hydrogen) atoms. The molecule has 0 bridgehead atoms. The van der Waals surface area contributed by atoms with Gasteiger partial charge in [-0.3, -0.25) is 4.48 Å². The summed E-state index contributed by atoms with van der Waals surface area (Å²) in [6, 6.07) is 9.20. The molecule has 0 fully saturated rings. The Labute approximate surface area is 89.3 Å². The zero-order valence-corrected chi connectivity index (χ0v) is 9.10. The highest BCUT2D eigenvalue weighted by molar-refractivity contribution is 6.11. The van der Waals surface area contributed by atoms with Crippen LogP contribution in [-0.4, -0.2) is 32.1 Å². The summed E-state index contributed by atoms with van der Waals surface area (Å²) in [5, 5.41) is 20.2. The Morgan fingerprint density at radius 1 is 1.27 bits per heavy atom. The van der Waals surface area contributed by atoms with Gasteiger partial charge >= 0.3 is 0 Å². The second-order valence-electron chi connectivity index (χ2n) is 4.12. The number of rotatable bonds is 2. The molecule has 0 aliphatic carbocycles. The fourth-order valence-corrected chi connectivity index (χ4v) is 1.21. The van der Waals surface area contributed by atoms with E-state index in [1.807, 2.05) is 18.2 Å². The van der Waals surface area contributed by atoms with E-state index in [0.29, 0.717) is 10.0 Å². The molecule has 0 unspecified atom stereocenters. The molecule has 0 saturated carbocycles. The average Bonchev–Trinajstić information content (AvgIpc) is 2.19. The molecule has 4 heteroatoms. The molecular weight excluding hydrogens is 190 g/mol. The maximum Gasteiger partial charge on any atom is 0.186 e. The zero-order valence-electron chi connectivity index (χ0n) is 9.10. The monoisotopic (exact) mass is 204 g/mol. The standard InChI is InChI=1S/C11H13N3O/c1-14(2,3)10-6-4-9(5-7-10)11(8-12)13-15/h4-7H,1-3H3/p+1/b13-11-. The number of hydrogen-bond donors (Lipinski definition) is 1. The van der Waals surface area contributed by atoms with Gasteiger partial charge in [0.2, 0.25) is 0 Å². The first-order valence-electron chi connectivity index (χ1n) is 4.53. The second kappa shape index (κ2) is 4.11. The number of quaternary nitrogens is 1. The van der Waals surface area contributed by atoms with Gasteiger partial charge in [0.1, 0.15) is 11.8 Å². The first-order valence-corrected chi connectivity index (χ1v) is 4.53. The SMILES string of the molecule is C[N+](C)(C)c1ccc(/C(C#N)=N\O)cc1. The molecule has 0 aliphatic rings. The molecule has 0 atom stereocenters. The van der Waals surface area contributed by atoms with Crippen molar-refractivity contribution in [2.24, 2.45) is 5.16 Å². The van der Waals surface area contributed by atoms with E-state index in [0.717, 1.165) is 5.69 Å². The number of nitrogens with zero attached hydrogens (tertiary/aromatic N) is 3. The molecule has 0 aliphatic heterocycles. The van der Waals surface area contributed by atoms with Crippen molar-refractivity contribution >= 4 is 11.4 Å². The molecule has 1 aromatic rings. The fraction of sp³-hybridized carbons (Fsp3) is 0.273. The lowest BCUT2D eigenvalue weighted by molar-refractivity contribution is 0.320. The van der Waals surface area contributed by atoms with Crippen molar-refractivity contribution in [3.63, 3.8) is 0 Å². The van der Waals surface area contributed by atoms with Gasteiger partial charge in [0.05, 0.1) is 21.1 Å². The van der Waals surface area contributed by atoms with Crippen molar-refractivity contribution in [1.82, 2.24) is 4.48 Å². The van der Waals surface area contributed by atoms with Crippen molar-refractivity contribution < 1.29 is 5.21 Å². The summed E-state index contributed by atoms with van der Waals surface area (Å²) in [6.07, 6.45) is 0. The van der Waals surface area contributed by atoms with Crippen LogP contribution in [0, 0.1) is 11.3 Å². The largest absolute Gasteiger partial charge is 0.410 e. The summed E-state index contributed by atoms with van der Waals surface area (Å²) in [4.78, 5) is 0. The highest BCUT2D eigenvalue weighted by Crippen LogP contribution is 2.17. The Balaban J connectivity index is 3.07. The molecule has 0 spiro atoms. The van der Waals surface area contributed by atoms with Crippen LogP contribution in [0.2, 0.25) is 0 Å². The van der Waals surface area contributed by atoms with Crippen LogP contribution >= 0.6 is 0 Å². The number of oxime groups is 1. The predicted octanol–water partition coefficient (Wildman–Crippen LogP) is 1.59. The zero-order chi connectivity index (χ0) is 11.5. The minimum atomic E-state index is 0.0305. The Hall–Kier alpha value is -1.86. The van der Waals surface area contributed by atoms with E-state index in [1.165, 1.54) is 0 Å².